The highest BCUT2D eigenvalue weighted by molar-refractivity contribution is 5.83. The first-order valence-electron chi connectivity index (χ1n) is 10.5. The van der Waals surface area contributed by atoms with Gasteiger partial charge in [-0.2, -0.15) is 0 Å². The second kappa shape index (κ2) is 7.95. The third-order valence-corrected chi connectivity index (χ3v) is 6.05. The Morgan fingerprint density at radius 1 is 1.07 bits per heavy atom. The summed E-state index contributed by atoms with van der Waals surface area (Å²) in [6.45, 7) is 5.66. The van der Waals surface area contributed by atoms with Gasteiger partial charge in [-0.15, -0.1) is 0 Å². The number of aromatic nitrogens is 3. The van der Waals surface area contributed by atoms with E-state index >= 15 is 0 Å². The molecule has 2 fully saturated rings. The van der Waals surface area contributed by atoms with Gasteiger partial charge in [0.05, 0.1) is 5.52 Å². The van der Waals surface area contributed by atoms with Crippen LogP contribution in [0.15, 0.2) is 42.6 Å². The molecule has 1 N–H and O–H groups in total. The topological polar surface area (TPSA) is 63.2 Å². The van der Waals surface area contributed by atoms with Gasteiger partial charge in [0.25, 0.3) is 0 Å². The molecule has 0 amide bonds. The predicted octanol–water partition coefficient (Wildman–Crippen LogP) is 3.92. The number of aryl methyl sites for hydroxylation is 1. The van der Waals surface area contributed by atoms with Crippen molar-refractivity contribution in [3.8, 4) is 0 Å². The van der Waals surface area contributed by atoms with E-state index < -0.39 is 0 Å². The van der Waals surface area contributed by atoms with Gasteiger partial charge in [0.2, 0.25) is 5.95 Å². The molecule has 6 heteroatoms. The van der Waals surface area contributed by atoms with Gasteiger partial charge in [-0.05, 0) is 49.9 Å². The number of nitrogens with one attached hydrogen (secondary N) is 1. The molecule has 2 aliphatic rings. The van der Waals surface area contributed by atoms with E-state index in [4.69, 9.17) is 14.7 Å². The minimum atomic E-state index is 0.346. The predicted molar refractivity (Wildman–Crippen MR) is 116 cm³/mol. The van der Waals surface area contributed by atoms with Crippen molar-refractivity contribution >= 4 is 22.7 Å². The van der Waals surface area contributed by atoms with Crippen molar-refractivity contribution in [2.45, 2.75) is 38.1 Å². The van der Waals surface area contributed by atoms with Gasteiger partial charge < -0.3 is 15.0 Å². The highest BCUT2D eigenvalue weighted by Gasteiger charge is 2.26. The molecule has 150 valence electrons. The van der Waals surface area contributed by atoms with Crippen LogP contribution in [0.1, 0.15) is 36.4 Å². The molecule has 5 rings (SSSR count). The number of rotatable bonds is 4. The molecule has 1 aromatic carbocycles. The zero-order chi connectivity index (χ0) is 19.6. The Morgan fingerprint density at radius 2 is 1.93 bits per heavy atom. The maximum atomic E-state index is 5.49. The van der Waals surface area contributed by atoms with Crippen molar-refractivity contribution in [1.29, 1.82) is 0 Å². The first kappa shape index (κ1) is 18.3. The Labute approximate surface area is 171 Å². The smallest absolute Gasteiger partial charge is 0.225 e. The summed E-state index contributed by atoms with van der Waals surface area (Å²) in [5.74, 6) is 2.29. The number of para-hydroxylation sites is 1. The third-order valence-electron chi connectivity index (χ3n) is 6.05. The quantitative estimate of drug-likeness (QED) is 0.730. The van der Waals surface area contributed by atoms with Crippen molar-refractivity contribution in [3.05, 3.63) is 53.9 Å². The Balaban J connectivity index is 1.28. The Morgan fingerprint density at radius 3 is 2.83 bits per heavy atom. The summed E-state index contributed by atoms with van der Waals surface area (Å²) in [5, 5.41) is 4.84. The van der Waals surface area contributed by atoms with E-state index in [1.165, 1.54) is 10.9 Å². The second-order valence-electron chi connectivity index (χ2n) is 8.09. The number of fused-ring (bicyclic) bond motifs is 1. The average Bonchev–Trinajstić information content (AvgIpc) is 3.23. The molecule has 0 spiro atoms. The summed E-state index contributed by atoms with van der Waals surface area (Å²) in [6.07, 6.45) is 5.06. The largest absolute Gasteiger partial charge is 0.381 e. The van der Waals surface area contributed by atoms with E-state index in [1.807, 2.05) is 12.3 Å². The molecule has 2 aromatic heterocycles. The highest BCUT2D eigenvalue weighted by atomic mass is 16.5. The van der Waals surface area contributed by atoms with E-state index in [2.05, 4.69) is 52.5 Å². The van der Waals surface area contributed by atoms with Gasteiger partial charge >= 0.3 is 0 Å². The van der Waals surface area contributed by atoms with Crippen LogP contribution >= 0.6 is 0 Å². The van der Waals surface area contributed by atoms with Gasteiger partial charge in [0.1, 0.15) is 5.82 Å². The van der Waals surface area contributed by atoms with E-state index in [-0.39, 0.29) is 0 Å². The molecule has 1 atom stereocenters. The molecular formula is C23H27N5O. The van der Waals surface area contributed by atoms with Crippen molar-refractivity contribution in [2.24, 2.45) is 0 Å². The second-order valence-corrected chi connectivity index (χ2v) is 8.09. The summed E-state index contributed by atoms with van der Waals surface area (Å²) in [6, 6.07) is 12.9. The summed E-state index contributed by atoms with van der Waals surface area (Å²) < 4.78 is 5.49. The third kappa shape index (κ3) is 3.90. The zero-order valence-electron chi connectivity index (χ0n) is 16.8. The summed E-state index contributed by atoms with van der Waals surface area (Å²) in [7, 11) is 0. The van der Waals surface area contributed by atoms with Crippen LogP contribution in [-0.2, 0) is 4.74 Å². The van der Waals surface area contributed by atoms with Gasteiger partial charge in [-0.3, -0.25) is 0 Å². The fraction of sp³-hybridized carbons (Fsp3) is 0.435. The lowest BCUT2D eigenvalue weighted by Crippen LogP contribution is -2.28. The number of ether oxygens (including phenoxy) is 1. The van der Waals surface area contributed by atoms with E-state index in [1.54, 1.807) is 0 Å². The van der Waals surface area contributed by atoms with Crippen LogP contribution < -0.4 is 10.2 Å². The van der Waals surface area contributed by atoms with Crippen molar-refractivity contribution < 1.29 is 4.74 Å². The van der Waals surface area contributed by atoms with Crippen LogP contribution in [0.3, 0.4) is 0 Å². The molecule has 6 nitrogen and oxygen atoms in total. The summed E-state index contributed by atoms with van der Waals surface area (Å²) in [4.78, 5) is 16.5. The number of nitrogens with zero attached hydrogens (tertiary/aromatic N) is 4. The van der Waals surface area contributed by atoms with Crippen LogP contribution in [0.25, 0.3) is 10.9 Å². The number of pyridine rings is 1. The monoisotopic (exact) mass is 389 g/mol. The Bertz CT molecular complexity index is 1000. The lowest BCUT2D eigenvalue weighted by atomic mass is 9.96. The van der Waals surface area contributed by atoms with Gasteiger partial charge in [-0.25, -0.2) is 15.0 Å². The molecule has 1 unspecified atom stereocenters. The Kier molecular flexibility index (Phi) is 5.02. The lowest BCUT2D eigenvalue weighted by molar-refractivity contribution is 0.0845. The van der Waals surface area contributed by atoms with Gasteiger partial charge in [0.15, 0.2) is 0 Å². The number of hydrogen-bond acceptors (Lipinski definition) is 6. The van der Waals surface area contributed by atoms with Crippen LogP contribution in [0.2, 0.25) is 0 Å². The zero-order valence-corrected chi connectivity index (χ0v) is 16.8. The van der Waals surface area contributed by atoms with Crippen molar-refractivity contribution in [3.63, 3.8) is 0 Å². The standard InChI is InChI=1S/C23H27N5O/c1-16-14-22(26-21-5-3-2-4-19(16)21)25-18-7-11-28(15-18)23-24-10-6-20(27-23)17-8-12-29-13-9-17/h2-6,10,14,17-18H,7-9,11-13,15H2,1H3,(H,25,26). The SMILES string of the molecule is Cc1cc(NC2CCN(c3nccc(C4CCOCC4)n3)C2)nc2ccccc12. The molecule has 3 aromatic rings. The molecule has 2 saturated heterocycles. The maximum Gasteiger partial charge on any atom is 0.225 e. The lowest BCUT2D eigenvalue weighted by Gasteiger charge is -2.23. The molecule has 0 radical (unpaired) electrons. The minimum Gasteiger partial charge on any atom is -0.381 e. The van der Waals surface area contributed by atoms with Gasteiger partial charge in [-0.1, -0.05) is 18.2 Å². The fourth-order valence-electron chi connectivity index (χ4n) is 4.43. The van der Waals surface area contributed by atoms with Crippen LogP contribution in [0.4, 0.5) is 11.8 Å². The number of anilines is 2. The van der Waals surface area contributed by atoms with E-state index in [0.717, 1.165) is 68.5 Å². The molecule has 0 saturated carbocycles. The van der Waals surface area contributed by atoms with Crippen LogP contribution in [0, 0.1) is 6.92 Å². The van der Waals surface area contributed by atoms with Crippen molar-refractivity contribution in [2.75, 3.05) is 36.5 Å². The average molecular weight is 390 g/mol. The number of hydrogen-bond donors (Lipinski definition) is 1. The molecule has 29 heavy (non-hydrogen) atoms. The first-order chi connectivity index (χ1) is 14.3. The molecular weight excluding hydrogens is 362 g/mol. The van der Waals surface area contributed by atoms with Crippen molar-refractivity contribution in [1.82, 2.24) is 15.0 Å². The summed E-state index contributed by atoms with van der Waals surface area (Å²) in [5.41, 5.74) is 3.44. The molecule has 2 aliphatic heterocycles. The fourth-order valence-corrected chi connectivity index (χ4v) is 4.43. The molecule has 4 heterocycles. The molecule has 0 aliphatic carbocycles. The normalized spacial score (nSPS) is 20.3. The summed E-state index contributed by atoms with van der Waals surface area (Å²) >= 11 is 0. The van der Waals surface area contributed by atoms with Gasteiger partial charge in [0, 0.05) is 55.5 Å². The van der Waals surface area contributed by atoms with Crippen LogP contribution in [-0.4, -0.2) is 47.3 Å². The van der Waals surface area contributed by atoms with E-state index in [0.29, 0.717) is 12.0 Å². The number of benzene rings is 1. The highest BCUT2D eigenvalue weighted by Crippen LogP contribution is 2.27. The Hall–Kier alpha value is -2.73. The van der Waals surface area contributed by atoms with Crippen LogP contribution in [0.5, 0.6) is 0 Å². The first-order valence-corrected chi connectivity index (χ1v) is 10.5. The molecule has 0 bridgehead atoms. The maximum absolute atomic E-state index is 5.49. The van der Waals surface area contributed by atoms with E-state index in [9.17, 15) is 0 Å². The minimum absolute atomic E-state index is 0.346.